The number of anilines is 1. The number of benzene rings is 1. The Kier molecular flexibility index (Phi) is 4.90. The molecule has 0 amide bonds. The molecule has 0 saturated heterocycles. The van der Waals surface area contributed by atoms with Gasteiger partial charge in [0.25, 0.3) is 0 Å². The Morgan fingerprint density at radius 1 is 1.39 bits per heavy atom. The molecule has 2 rings (SSSR count). The summed E-state index contributed by atoms with van der Waals surface area (Å²) in [4.78, 5) is 4.32. The van der Waals surface area contributed by atoms with E-state index in [2.05, 4.69) is 17.2 Å². The fourth-order valence-corrected chi connectivity index (χ4v) is 2.43. The summed E-state index contributed by atoms with van der Waals surface area (Å²) in [5.74, 6) is -0.248. The number of rotatable bonds is 7. The third-order valence-electron chi connectivity index (χ3n) is 2.51. The largest absolute Gasteiger partial charge is 0.380 e. The zero-order valence-electron chi connectivity index (χ0n) is 10.4. The molecule has 3 nitrogen and oxygen atoms in total. The lowest BCUT2D eigenvalue weighted by Gasteiger charge is -2.03. The summed E-state index contributed by atoms with van der Waals surface area (Å²) in [5, 5.41) is 4.00. The van der Waals surface area contributed by atoms with Crippen LogP contribution in [0.3, 0.4) is 0 Å². The number of halogens is 1. The molecule has 98 valence electrons. The van der Waals surface area contributed by atoms with Crippen molar-refractivity contribution in [3.8, 4) is 0 Å². The molecule has 0 aliphatic heterocycles. The van der Waals surface area contributed by atoms with Crippen LogP contribution in [0.2, 0.25) is 0 Å². The predicted octanol–water partition coefficient (Wildman–Crippen LogP) is 3.66. The number of nitrogens with zero attached hydrogens (tertiary/aromatic N) is 1. The van der Waals surface area contributed by atoms with E-state index in [1.165, 1.54) is 23.5 Å². The lowest BCUT2D eigenvalue weighted by atomic mass is 10.3. The van der Waals surface area contributed by atoms with Crippen LogP contribution >= 0.6 is 11.3 Å². The monoisotopic (exact) mass is 268 g/mol. The number of hydrogen-bond donors (Lipinski definition) is 1. The smallest absolute Gasteiger partial charge is 0.183 e. The van der Waals surface area contributed by atoms with Gasteiger partial charge in [0, 0.05) is 19.2 Å². The molecule has 0 aliphatic carbocycles. The van der Waals surface area contributed by atoms with Gasteiger partial charge < -0.3 is 10.1 Å². The lowest BCUT2D eigenvalue weighted by molar-refractivity contribution is 0.141. The summed E-state index contributed by atoms with van der Waals surface area (Å²) >= 11 is 1.53. The van der Waals surface area contributed by atoms with Crippen LogP contribution in [0.5, 0.6) is 0 Å². The quantitative estimate of drug-likeness (QED) is 0.778. The van der Waals surface area contributed by atoms with Gasteiger partial charge in [0.05, 0.1) is 16.8 Å². The van der Waals surface area contributed by atoms with Gasteiger partial charge in [-0.3, -0.25) is 0 Å². The summed E-state index contributed by atoms with van der Waals surface area (Å²) in [6, 6.07) is 4.66. The summed E-state index contributed by atoms with van der Waals surface area (Å²) < 4.78 is 19.4. The van der Waals surface area contributed by atoms with Crippen LogP contribution in [-0.2, 0) is 4.74 Å². The van der Waals surface area contributed by atoms with Crippen molar-refractivity contribution in [1.82, 2.24) is 4.98 Å². The zero-order valence-corrected chi connectivity index (χ0v) is 11.2. The summed E-state index contributed by atoms with van der Waals surface area (Å²) in [6.45, 7) is 4.35. The second-order valence-electron chi connectivity index (χ2n) is 4.02. The first-order valence-electron chi connectivity index (χ1n) is 6.17. The van der Waals surface area contributed by atoms with Gasteiger partial charge in [0.1, 0.15) is 5.82 Å². The number of nitrogens with one attached hydrogen (secondary N) is 1. The highest BCUT2D eigenvalue weighted by atomic mass is 32.1. The number of ether oxygens (including phenoxy) is 1. The SMILES string of the molecule is CCCCOCCNc1nc2cc(F)ccc2s1. The number of unbranched alkanes of at least 4 members (excludes halogenated alkanes) is 1. The van der Waals surface area contributed by atoms with Gasteiger partial charge in [-0.1, -0.05) is 24.7 Å². The Balaban J connectivity index is 1.81. The van der Waals surface area contributed by atoms with Crippen molar-refractivity contribution in [2.24, 2.45) is 0 Å². The molecule has 5 heteroatoms. The third kappa shape index (κ3) is 3.65. The molecule has 1 N–H and O–H groups in total. The van der Waals surface area contributed by atoms with Crippen molar-refractivity contribution >= 4 is 26.7 Å². The lowest BCUT2D eigenvalue weighted by Crippen LogP contribution is -2.09. The second-order valence-corrected chi connectivity index (χ2v) is 5.05. The molecular formula is C13H17FN2OS. The number of fused-ring (bicyclic) bond motifs is 1. The van der Waals surface area contributed by atoms with Crippen molar-refractivity contribution in [2.45, 2.75) is 19.8 Å². The Morgan fingerprint density at radius 2 is 2.28 bits per heavy atom. The van der Waals surface area contributed by atoms with Crippen molar-refractivity contribution in [2.75, 3.05) is 25.1 Å². The maximum absolute atomic E-state index is 13.0. The Hall–Kier alpha value is -1.20. The molecular weight excluding hydrogens is 251 g/mol. The topological polar surface area (TPSA) is 34.1 Å². The van der Waals surface area contributed by atoms with Crippen molar-refractivity contribution in [3.63, 3.8) is 0 Å². The van der Waals surface area contributed by atoms with Crippen molar-refractivity contribution < 1.29 is 9.13 Å². The van der Waals surface area contributed by atoms with E-state index in [9.17, 15) is 4.39 Å². The molecule has 0 bridgehead atoms. The maximum Gasteiger partial charge on any atom is 0.183 e. The van der Waals surface area contributed by atoms with Crippen LogP contribution in [0.1, 0.15) is 19.8 Å². The standard InChI is InChI=1S/C13H17FN2OS/c1-2-3-7-17-8-6-15-13-16-11-9-10(14)4-5-12(11)18-13/h4-5,9H,2-3,6-8H2,1H3,(H,15,16). The van der Waals surface area contributed by atoms with E-state index in [1.807, 2.05) is 0 Å². The van der Waals surface area contributed by atoms with Gasteiger partial charge >= 0.3 is 0 Å². The Labute approximate surface area is 110 Å². The molecule has 1 aromatic carbocycles. The van der Waals surface area contributed by atoms with E-state index in [0.717, 1.165) is 35.8 Å². The number of hydrogen-bond acceptors (Lipinski definition) is 4. The van der Waals surface area contributed by atoms with Crippen LogP contribution in [0.25, 0.3) is 10.2 Å². The summed E-state index contributed by atoms with van der Waals surface area (Å²) in [7, 11) is 0. The number of aromatic nitrogens is 1. The minimum atomic E-state index is -0.248. The van der Waals surface area contributed by atoms with Gasteiger partial charge in [0.15, 0.2) is 5.13 Å². The highest BCUT2D eigenvalue weighted by Crippen LogP contribution is 2.25. The predicted molar refractivity (Wildman–Crippen MR) is 73.8 cm³/mol. The molecule has 0 saturated carbocycles. The molecule has 0 unspecified atom stereocenters. The van der Waals surface area contributed by atoms with Crippen LogP contribution in [-0.4, -0.2) is 24.7 Å². The second kappa shape index (κ2) is 6.66. The minimum absolute atomic E-state index is 0.248. The van der Waals surface area contributed by atoms with Crippen LogP contribution in [0.15, 0.2) is 18.2 Å². The molecule has 18 heavy (non-hydrogen) atoms. The van der Waals surface area contributed by atoms with Gasteiger partial charge in [-0.25, -0.2) is 9.37 Å². The van der Waals surface area contributed by atoms with E-state index >= 15 is 0 Å². The summed E-state index contributed by atoms with van der Waals surface area (Å²) in [6.07, 6.45) is 2.25. The third-order valence-corrected chi connectivity index (χ3v) is 3.51. The molecule has 0 aliphatic rings. The highest BCUT2D eigenvalue weighted by Gasteiger charge is 2.03. The Morgan fingerprint density at radius 3 is 3.11 bits per heavy atom. The molecule has 2 aromatic rings. The average molecular weight is 268 g/mol. The molecule has 0 atom stereocenters. The van der Waals surface area contributed by atoms with Gasteiger partial charge in [-0.15, -0.1) is 0 Å². The van der Waals surface area contributed by atoms with Crippen LogP contribution in [0, 0.1) is 5.82 Å². The van der Waals surface area contributed by atoms with Gasteiger partial charge in [0.2, 0.25) is 0 Å². The first kappa shape index (κ1) is 13.2. The van der Waals surface area contributed by atoms with Crippen molar-refractivity contribution in [1.29, 1.82) is 0 Å². The zero-order chi connectivity index (χ0) is 12.8. The van der Waals surface area contributed by atoms with Crippen LogP contribution in [0.4, 0.5) is 9.52 Å². The van der Waals surface area contributed by atoms with Crippen molar-refractivity contribution in [3.05, 3.63) is 24.0 Å². The van der Waals surface area contributed by atoms with Crippen LogP contribution < -0.4 is 5.32 Å². The molecule has 0 spiro atoms. The summed E-state index contributed by atoms with van der Waals surface area (Å²) in [5.41, 5.74) is 0.703. The fourth-order valence-electron chi connectivity index (χ4n) is 1.55. The Bertz CT molecular complexity index is 501. The molecule has 1 heterocycles. The average Bonchev–Trinajstić information content (AvgIpc) is 2.75. The van der Waals surface area contributed by atoms with Gasteiger partial charge in [-0.2, -0.15) is 0 Å². The van der Waals surface area contributed by atoms with Gasteiger partial charge in [-0.05, 0) is 18.6 Å². The molecule has 1 aromatic heterocycles. The fraction of sp³-hybridized carbons (Fsp3) is 0.462. The molecule has 0 fully saturated rings. The minimum Gasteiger partial charge on any atom is -0.380 e. The molecule has 0 radical (unpaired) electrons. The van der Waals surface area contributed by atoms with E-state index < -0.39 is 0 Å². The van der Waals surface area contributed by atoms with E-state index in [-0.39, 0.29) is 5.82 Å². The maximum atomic E-state index is 13.0. The first-order chi connectivity index (χ1) is 8.79. The first-order valence-corrected chi connectivity index (χ1v) is 6.99. The number of thiazole rings is 1. The van der Waals surface area contributed by atoms with E-state index in [4.69, 9.17) is 4.74 Å². The normalized spacial score (nSPS) is 11.0. The van der Waals surface area contributed by atoms with E-state index in [0.29, 0.717) is 12.1 Å². The highest BCUT2D eigenvalue weighted by molar-refractivity contribution is 7.22. The van der Waals surface area contributed by atoms with E-state index in [1.54, 1.807) is 6.07 Å².